The third-order valence-corrected chi connectivity index (χ3v) is 3.22. The molecule has 0 aliphatic heterocycles. The quantitative estimate of drug-likeness (QED) is 0.843. The zero-order valence-electron chi connectivity index (χ0n) is 9.45. The molecular weight excluding hydrogens is 198 g/mol. The van der Waals surface area contributed by atoms with Gasteiger partial charge in [-0.3, -0.25) is 0 Å². The molecule has 1 heterocycles. The molecule has 0 unspecified atom stereocenters. The Kier molecular flexibility index (Phi) is 3.76. The maximum atomic E-state index is 8.90. The van der Waals surface area contributed by atoms with E-state index in [1.807, 2.05) is 12.1 Å². The minimum Gasteiger partial charge on any atom is -0.382 e. The Morgan fingerprint density at radius 3 is 2.94 bits per heavy atom. The van der Waals surface area contributed by atoms with Gasteiger partial charge in [-0.05, 0) is 30.9 Å². The van der Waals surface area contributed by atoms with Gasteiger partial charge in [-0.15, -0.1) is 0 Å². The van der Waals surface area contributed by atoms with Crippen molar-refractivity contribution in [3.05, 3.63) is 24.0 Å². The van der Waals surface area contributed by atoms with Crippen LogP contribution in [0.4, 0.5) is 5.69 Å². The summed E-state index contributed by atoms with van der Waals surface area (Å²) in [5, 5.41) is 12.3. The second kappa shape index (κ2) is 5.50. The average molecular weight is 215 g/mol. The molecule has 0 bridgehead atoms. The Labute approximate surface area is 96.5 Å². The van der Waals surface area contributed by atoms with Crippen molar-refractivity contribution in [3.8, 4) is 6.07 Å². The Bertz CT molecular complexity index is 375. The van der Waals surface area contributed by atoms with Crippen LogP contribution < -0.4 is 5.32 Å². The summed E-state index contributed by atoms with van der Waals surface area (Å²) in [6.07, 6.45) is 8.37. The summed E-state index contributed by atoms with van der Waals surface area (Å²) in [6.45, 7) is 0.973. The van der Waals surface area contributed by atoms with Gasteiger partial charge in [-0.2, -0.15) is 5.26 Å². The fraction of sp³-hybridized carbons (Fsp3) is 0.538. The van der Waals surface area contributed by atoms with E-state index in [0.717, 1.165) is 18.2 Å². The normalized spacial score (nSPS) is 16.7. The van der Waals surface area contributed by atoms with Crippen molar-refractivity contribution >= 4 is 5.69 Å². The molecule has 1 aromatic rings. The molecule has 3 heteroatoms. The molecule has 0 spiro atoms. The fourth-order valence-corrected chi connectivity index (χ4v) is 2.28. The number of rotatable bonds is 3. The van der Waals surface area contributed by atoms with Crippen LogP contribution in [0.5, 0.6) is 0 Å². The minimum absolute atomic E-state index is 0.498. The molecule has 2 rings (SSSR count). The van der Waals surface area contributed by atoms with E-state index in [1.165, 1.54) is 32.1 Å². The molecule has 0 radical (unpaired) electrons. The van der Waals surface area contributed by atoms with Gasteiger partial charge in [-0.25, -0.2) is 4.98 Å². The van der Waals surface area contributed by atoms with Crippen LogP contribution in [0.1, 0.15) is 37.8 Å². The number of pyridine rings is 1. The van der Waals surface area contributed by atoms with Gasteiger partial charge in [-0.1, -0.05) is 19.3 Å². The van der Waals surface area contributed by atoms with E-state index in [0.29, 0.717) is 5.69 Å². The zero-order valence-corrected chi connectivity index (χ0v) is 9.45. The third kappa shape index (κ3) is 2.73. The Morgan fingerprint density at radius 1 is 1.38 bits per heavy atom. The van der Waals surface area contributed by atoms with Gasteiger partial charge >= 0.3 is 0 Å². The van der Waals surface area contributed by atoms with E-state index in [2.05, 4.69) is 16.4 Å². The highest BCUT2D eigenvalue weighted by Gasteiger charge is 2.13. The van der Waals surface area contributed by atoms with Gasteiger partial charge in [0.2, 0.25) is 0 Å². The van der Waals surface area contributed by atoms with Crippen LogP contribution in [-0.4, -0.2) is 11.5 Å². The summed E-state index contributed by atoms with van der Waals surface area (Å²) in [5.74, 6) is 0.764. The molecule has 1 aliphatic carbocycles. The molecule has 1 saturated carbocycles. The first-order valence-corrected chi connectivity index (χ1v) is 5.99. The number of nitriles is 1. The van der Waals surface area contributed by atoms with Crippen molar-refractivity contribution in [2.75, 3.05) is 11.9 Å². The van der Waals surface area contributed by atoms with E-state index < -0.39 is 0 Å². The van der Waals surface area contributed by atoms with E-state index in [1.54, 1.807) is 6.20 Å². The number of hydrogen-bond acceptors (Lipinski definition) is 3. The number of hydrogen-bond donors (Lipinski definition) is 1. The van der Waals surface area contributed by atoms with Crippen molar-refractivity contribution in [2.24, 2.45) is 5.92 Å². The van der Waals surface area contributed by atoms with Gasteiger partial charge in [0.05, 0.1) is 5.69 Å². The molecule has 3 nitrogen and oxygen atoms in total. The number of nitrogens with zero attached hydrogens (tertiary/aromatic N) is 2. The average Bonchev–Trinajstić information content (AvgIpc) is 2.38. The highest BCUT2D eigenvalue weighted by Crippen LogP contribution is 2.24. The lowest BCUT2D eigenvalue weighted by atomic mass is 9.89. The first-order chi connectivity index (χ1) is 7.90. The Balaban J connectivity index is 1.91. The second-order valence-corrected chi connectivity index (χ2v) is 4.40. The van der Waals surface area contributed by atoms with E-state index in [9.17, 15) is 0 Å². The highest BCUT2D eigenvalue weighted by atomic mass is 14.9. The number of aromatic nitrogens is 1. The second-order valence-electron chi connectivity index (χ2n) is 4.40. The van der Waals surface area contributed by atoms with Gasteiger partial charge in [0.1, 0.15) is 6.07 Å². The smallest absolute Gasteiger partial charge is 0.163 e. The highest BCUT2D eigenvalue weighted by molar-refractivity contribution is 5.53. The van der Waals surface area contributed by atoms with Gasteiger partial charge in [0.15, 0.2) is 5.69 Å². The van der Waals surface area contributed by atoms with Crippen molar-refractivity contribution < 1.29 is 0 Å². The molecular formula is C13H17N3. The summed E-state index contributed by atoms with van der Waals surface area (Å²) in [6, 6.07) is 5.90. The predicted octanol–water partition coefficient (Wildman–Crippen LogP) is 2.95. The maximum Gasteiger partial charge on any atom is 0.163 e. The summed E-state index contributed by atoms with van der Waals surface area (Å²) < 4.78 is 0. The summed E-state index contributed by atoms with van der Waals surface area (Å²) in [7, 11) is 0. The van der Waals surface area contributed by atoms with Crippen LogP contribution in [0.3, 0.4) is 0 Å². The first kappa shape index (κ1) is 10.9. The largest absolute Gasteiger partial charge is 0.382 e. The van der Waals surface area contributed by atoms with E-state index >= 15 is 0 Å². The molecule has 0 saturated heterocycles. The SMILES string of the molecule is N#Cc1ncccc1NCC1CCCCC1. The molecule has 84 valence electrons. The maximum absolute atomic E-state index is 8.90. The van der Waals surface area contributed by atoms with E-state index in [4.69, 9.17) is 5.26 Å². The third-order valence-electron chi connectivity index (χ3n) is 3.22. The van der Waals surface area contributed by atoms with Gasteiger partial charge in [0, 0.05) is 12.7 Å². The van der Waals surface area contributed by atoms with Crippen LogP contribution in [-0.2, 0) is 0 Å². The van der Waals surface area contributed by atoms with Gasteiger partial charge in [0.25, 0.3) is 0 Å². The number of anilines is 1. The summed E-state index contributed by atoms with van der Waals surface area (Å²) in [4.78, 5) is 4.04. The molecule has 1 aromatic heterocycles. The fourth-order valence-electron chi connectivity index (χ4n) is 2.28. The van der Waals surface area contributed by atoms with Gasteiger partial charge < -0.3 is 5.32 Å². The Hall–Kier alpha value is -1.56. The molecule has 0 amide bonds. The number of nitrogens with one attached hydrogen (secondary N) is 1. The molecule has 1 aliphatic rings. The topological polar surface area (TPSA) is 48.7 Å². The van der Waals surface area contributed by atoms with Crippen molar-refractivity contribution in [1.29, 1.82) is 5.26 Å². The lowest BCUT2D eigenvalue weighted by Gasteiger charge is -2.22. The lowest BCUT2D eigenvalue weighted by Crippen LogP contribution is -2.17. The Morgan fingerprint density at radius 2 is 2.19 bits per heavy atom. The molecule has 0 aromatic carbocycles. The molecule has 16 heavy (non-hydrogen) atoms. The lowest BCUT2D eigenvalue weighted by molar-refractivity contribution is 0.373. The standard InChI is InChI=1S/C13H17N3/c14-9-13-12(7-4-8-15-13)16-10-11-5-2-1-3-6-11/h4,7-8,11,16H,1-3,5-6,10H2. The summed E-state index contributed by atoms with van der Waals surface area (Å²) >= 11 is 0. The molecule has 1 fully saturated rings. The van der Waals surface area contributed by atoms with Crippen molar-refractivity contribution in [3.63, 3.8) is 0 Å². The van der Waals surface area contributed by atoms with Crippen LogP contribution in [0, 0.1) is 17.2 Å². The molecule has 1 N–H and O–H groups in total. The minimum atomic E-state index is 0.498. The van der Waals surface area contributed by atoms with E-state index in [-0.39, 0.29) is 0 Å². The van der Waals surface area contributed by atoms with Crippen molar-refractivity contribution in [2.45, 2.75) is 32.1 Å². The van der Waals surface area contributed by atoms with Crippen LogP contribution in [0.25, 0.3) is 0 Å². The van der Waals surface area contributed by atoms with Crippen molar-refractivity contribution in [1.82, 2.24) is 4.98 Å². The van der Waals surface area contributed by atoms with Crippen LogP contribution in [0.2, 0.25) is 0 Å². The van der Waals surface area contributed by atoms with Crippen LogP contribution in [0.15, 0.2) is 18.3 Å². The summed E-state index contributed by atoms with van der Waals surface area (Å²) in [5.41, 5.74) is 1.37. The van der Waals surface area contributed by atoms with Crippen LogP contribution >= 0.6 is 0 Å². The predicted molar refractivity (Wildman–Crippen MR) is 64.0 cm³/mol. The monoisotopic (exact) mass is 215 g/mol. The zero-order chi connectivity index (χ0) is 11.2. The first-order valence-electron chi connectivity index (χ1n) is 5.99. The molecule has 0 atom stereocenters.